The van der Waals surface area contributed by atoms with Crippen molar-refractivity contribution >= 4 is 35.1 Å². The van der Waals surface area contributed by atoms with Gasteiger partial charge in [-0.1, -0.05) is 29.5 Å². The summed E-state index contributed by atoms with van der Waals surface area (Å²) in [5, 5.41) is 15.3. The largest absolute Gasteiger partial charge is 0.354 e. The molecule has 2 N–H and O–H groups in total. The van der Waals surface area contributed by atoms with E-state index in [1.165, 1.54) is 11.8 Å². The van der Waals surface area contributed by atoms with Crippen LogP contribution in [0.1, 0.15) is 31.2 Å². The summed E-state index contributed by atoms with van der Waals surface area (Å²) >= 11 is 1.36. The van der Waals surface area contributed by atoms with Crippen molar-refractivity contribution in [1.82, 2.24) is 15.5 Å². The summed E-state index contributed by atoms with van der Waals surface area (Å²) in [4.78, 5) is 26.6. The van der Waals surface area contributed by atoms with Gasteiger partial charge in [-0.3, -0.25) is 9.59 Å². The average Bonchev–Trinajstić information content (AvgIpc) is 3.58. The summed E-state index contributed by atoms with van der Waals surface area (Å²) in [5.74, 6) is 1.17. The number of rotatable bonds is 7. The van der Waals surface area contributed by atoms with E-state index >= 15 is 0 Å². The standard InChI is InChI=1S/C22H27N5O2S/c1-15-4-6-17(7-5-15)23-20(28)14-30-21-11-10-19(25-26-21)27-12-2-3-16(13-27)22(29)24-18-8-9-18/h4-7,10-11,16,18H,2-3,8-9,12-14H2,1H3,(H,23,28)(H,24,29)/t16-/m0/s1. The molecule has 1 aliphatic carbocycles. The Kier molecular flexibility index (Phi) is 6.52. The molecule has 1 aromatic heterocycles. The van der Waals surface area contributed by atoms with Crippen molar-refractivity contribution in [3.63, 3.8) is 0 Å². The fourth-order valence-electron chi connectivity index (χ4n) is 3.48. The van der Waals surface area contributed by atoms with Crippen LogP contribution in [0.3, 0.4) is 0 Å². The van der Waals surface area contributed by atoms with Gasteiger partial charge < -0.3 is 15.5 Å². The second-order valence-corrected chi connectivity index (χ2v) is 9.00. The lowest BCUT2D eigenvalue weighted by atomic mass is 9.97. The second-order valence-electron chi connectivity index (χ2n) is 8.00. The predicted octanol–water partition coefficient (Wildman–Crippen LogP) is 3.01. The van der Waals surface area contributed by atoms with Gasteiger partial charge in [0.25, 0.3) is 0 Å². The molecule has 7 nitrogen and oxygen atoms in total. The van der Waals surface area contributed by atoms with Crippen LogP contribution < -0.4 is 15.5 Å². The highest BCUT2D eigenvalue weighted by molar-refractivity contribution is 7.99. The van der Waals surface area contributed by atoms with Crippen molar-refractivity contribution in [3.05, 3.63) is 42.0 Å². The van der Waals surface area contributed by atoms with Gasteiger partial charge in [-0.05, 0) is 56.9 Å². The van der Waals surface area contributed by atoms with E-state index in [0.717, 1.165) is 49.3 Å². The third-order valence-electron chi connectivity index (χ3n) is 5.35. The highest BCUT2D eigenvalue weighted by Gasteiger charge is 2.30. The minimum absolute atomic E-state index is 0.0145. The van der Waals surface area contributed by atoms with Gasteiger partial charge in [-0.25, -0.2) is 0 Å². The first-order valence-electron chi connectivity index (χ1n) is 10.5. The number of benzene rings is 1. The number of thioether (sulfide) groups is 1. The molecule has 2 amide bonds. The van der Waals surface area contributed by atoms with Crippen LogP contribution >= 0.6 is 11.8 Å². The summed E-state index contributed by atoms with van der Waals surface area (Å²) in [5.41, 5.74) is 1.94. The van der Waals surface area contributed by atoms with Gasteiger partial charge in [-0.2, -0.15) is 0 Å². The third-order valence-corrected chi connectivity index (χ3v) is 6.27. The number of nitrogens with one attached hydrogen (secondary N) is 2. The summed E-state index contributed by atoms with van der Waals surface area (Å²) in [7, 11) is 0. The number of aryl methyl sites for hydroxylation is 1. The molecule has 2 aliphatic rings. The van der Waals surface area contributed by atoms with Crippen LogP contribution in [0, 0.1) is 12.8 Å². The number of amides is 2. The molecule has 1 saturated heterocycles. The van der Waals surface area contributed by atoms with Crippen LogP contribution in [-0.2, 0) is 9.59 Å². The fraction of sp³-hybridized carbons (Fsp3) is 0.455. The van der Waals surface area contributed by atoms with Gasteiger partial charge in [0.2, 0.25) is 11.8 Å². The maximum absolute atomic E-state index is 12.4. The molecule has 158 valence electrons. The molecule has 1 aromatic carbocycles. The van der Waals surface area contributed by atoms with E-state index in [2.05, 4.69) is 25.7 Å². The summed E-state index contributed by atoms with van der Waals surface area (Å²) in [6.07, 6.45) is 4.11. The molecule has 4 rings (SSSR count). The first-order chi connectivity index (χ1) is 14.6. The molecule has 8 heteroatoms. The zero-order chi connectivity index (χ0) is 20.9. The van der Waals surface area contributed by atoms with Crippen molar-refractivity contribution in [2.75, 3.05) is 29.1 Å². The number of carbonyl (C=O) groups is 2. The molecular formula is C22H27N5O2S. The Labute approximate surface area is 181 Å². The zero-order valence-electron chi connectivity index (χ0n) is 17.1. The Balaban J connectivity index is 1.26. The molecule has 0 spiro atoms. The van der Waals surface area contributed by atoms with Crippen LogP contribution in [0.25, 0.3) is 0 Å². The normalized spacial score (nSPS) is 18.7. The van der Waals surface area contributed by atoms with E-state index in [0.29, 0.717) is 17.6 Å². The lowest BCUT2D eigenvalue weighted by molar-refractivity contribution is -0.125. The van der Waals surface area contributed by atoms with E-state index in [1.54, 1.807) is 0 Å². The smallest absolute Gasteiger partial charge is 0.234 e. The lowest BCUT2D eigenvalue weighted by Crippen LogP contribution is -2.44. The minimum Gasteiger partial charge on any atom is -0.354 e. The molecule has 0 radical (unpaired) electrons. The number of carbonyl (C=O) groups excluding carboxylic acids is 2. The van der Waals surface area contributed by atoms with Crippen LogP contribution in [0.4, 0.5) is 11.5 Å². The van der Waals surface area contributed by atoms with E-state index < -0.39 is 0 Å². The van der Waals surface area contributed by atoms with Crippen LogP contribution in [-0.4, -0.2) is 46.9 Å². The molecule has 2 fully saturated rings. The SMILES string of the molecule is Cc1ccc(NC(=O)CSc2ccc(N3CCC[C@H](C(=O)NC4CC4)C3)nn2)cc1. The second kappa shape index (κ2) is 9.47. The molecule has 1 saturated carbocycles. The molecule has 1 aliphatic heterocycles. The first-order valence-corrected chi connectivity index (χ1v) is 11.4. The van der Waals surface area contributed by atoms with E-state index in [4.69, 9.17) is 0 Å². The monoisotopic (exact) mass is 425 g/mol. The summed E-state index contributed by atoms with van der Waals surface area (Å²) in [6.45, 7) is 3.57. The van der Waals surface area contributed by atoms with Gasteiger partial charge in [0.15, 0.2) is 5.82 Å². The number of anilines is 2. The van der Waals surface area contributed by atoms with Gasteiger partial charge in [0.05, 0.1) is 11.7 Å². The van der Waals surface area contributed by atoms with E-state index in [9.17, 15) is 9.59 Å². The highest BCUT2D eigenvalue weighted by atomic mass is 32.2. The first kappa shape index (κ1) is 20.7. The Morgan fingerprint density at radius 3 is 2.60 bits per heavy atom. The Bertz CT molecular complexity index is 883. The maximum Gasteiger partial charge on any atom is 0.234 e. The quantitative estimate of drug-likeness (QED) is 0.663. The Morgan fingerprint density at radius 1 is 1.10 bits per heavy atom. The molecule has 30 heavy (non-hydrogen) atoms. The van der Waals surface area contributed by atoms with Gasteiger partial charge in [-0.15, -0.1) is 10.2 Å². The predicted molar refractivity (Wildman–Crippen MR) is 119 cm³/mol. The summed E-state index contributed by atoms with van der Waals surface area (Å²) < 4.78 is 0. The summed E-state index contributed by atoms with van der Waals surface area (Å²) in [6, 6.07) is 11.9. The number of nitrogens with zero attached hydrogens (tertiary/aromatic N) is 3. The van der Waals surface area contributed by atoms with Crippen molar-refractivity contribution in [1.29, 1.82) is 0 Å². The van der Waals surface area contributed by atoms with E-state index in [1.807, 2.05) is 43.3 Å². The number of hydrogen-bond acceptors (Lipinski definition) is 6. The fourth-order valence-corrected chi connectivity index (χ4v) is 4.09. The topological polar surface area (TPSA) is 87.2 Å². The van der Waals surface area contributed by atoms with Crippen molar-refractivity contribution < 1.29 is 9.59 Å². The third kappa shape index (κ3) is 5.72. The number of hydrogen-bond donors (Lipinski definition) is 2. The van der Waals surface area contributed by atoms with Crippen LogP contribution in [0.5, 0.6) is 0 Å². The highest BCUT2D eigenvalue weighted by Crippen LogP contribution is 2.25. The van der Waals surface area contributed by atoms with Crippen LogP contribution in [0.2, 0.25) is 0 Å². The van der Waals surface area contributed by atoms with Crippen LogP contribution in [0.15, 0.2) is 41.4 Å². The van der Waals surface area contributed by atoms with Crippen molar-refractivity contribution in [3.8, 4) is 0 Å². The zero-order valence-corrected chi connectivity index (χ0v) is 18.0. The lowest BCUT2D eigenvalue weighted by Gasteiger charge is -2.32. The molecule has 0 unspecified atom stereocenters. The molecule has 2 heterocycles. The van der Waals surface area contributed by atoms with Gasteiger partial charge in [0, 0.05) is 24.8 Å². The van der Waals surface area contributed by atoms with E-state index in [-0.39, 0.29) is 23.5 Å². The molecule has 0 bridgehead atoms. The molecular weight excluding hydrogens is 398 g/mol. The maximum atomic E-state index is 12.4. The Morgan fingerprint density at radius 2 is 1.90 bits per heavy atom. The number of piperidine rings is 1. The molecule has 2 aromatic rings. The number of aromatic nitrogens is 2. The van der Waals surface area contributed by atoms with Crippen molar-refractivity contribution in [2.24, 2.45) is 5.92 Å². The van der Waals surface area contributed by atoms with Crippen molar-refractivity contribution in [2.45, 2.75) is 43.7 Å². The van der Waals surface area contributed by atoms with Gasteiger partial charge in [0.1, 0.15) is 5.03 Å². The van der Waals surface area contributed by atoms with Gasteiger partial charge >= 0.3 is 0 Å². The molecule has 1 atom stereocenters. The minimum atomic E-state index is -0.0738. The average molecular weight is 426 g/mol. The Hall–Kier alpha value is -2.61.